The molecule has 1 rings (SSSR count). The van der Waals surface area contributed by atoms with Crippen LogP contribution in [0.5, 0.6) is 0 Å². The van der Waals surface area contributed by atoms with Crippen LogP contribution in [-0.2, 0) is 27.4 Å². The van der Waals surface area contributed by atoms with Crippen LogP contribution in [0.3, 0.4) is 0 Å². The highest BCUT2D eigenvalue weighted by Gasteiger charge is 2.02. The predicted molar refractivity (Wildman–Crippen MR) is 119 cm³/mol. The van der Waals surface area contributed by atoms with E-state index in [1.54, 1.807) is 7.11 Å². The average molecular weight is 409 g/mol. The highest BCUT2D eigenvalue weighted by Crippen LogP contribution is 2.08. The second kappa shape index (κ2) is 17.2. The van der Waals surface area contributed by atoms with E-state index in [0.717, 1.165) is 57.3 Å². The van der Waals surface area contributed by atoms with E-state index in [1.165, 1.54) is 5.56 Å². The van der Waals surface area contributed by atoms with Gasteiger partial charge < -0.3 is 29.7 Å². The number of aliphatic imine (C=N–C) groups is 1. The zero-order valence-corrected chi connectivity index (χ0v) is 18.7. The first kappa shape index (κ1) is 25.4. The van der Waals surface area contributed by atoms with Crippen LogP contribution in [-0.4, -0.2) is 77.6 Å². The Morgan fingerprint density at radius 2 is 1.83 bits per heavy atom. The van der Waals surface area contributed by atoms with Gasteiger partial charge in [0, 0.05) is 46.5 Å². The lowest BCUT2D eigenvalue weighted by Crippen LogP contribution is -2.41. The summed E-state index contributed by atoms with van der Waals surface area (Å²) >= 11 is 0. The van der Waals surface area contributed by atoms with Crippen LogP contribution in [0.15, 0.2) is 29.3 Å². The first-order chi connectivity index (χ1) is 14.2. The molecule has 0 heterocycles. The average Bonchev–Trinajstić information content (AvgIpc) is 2.72. The molecule has 0 bridgehead atoms. The maximum Gasteiger partial charge on any atom is 0.191 e. The second-order valence-electron chi connectivity index (χ2n) is 6.84. The number of ether oxygens (including phenoxy) is 3. The molecule has 1 aromatic rings. The first-order valence-electron chi connectivity index (χ1n) is 10.6. The van der Waals surface area contributed by atoms with E-state index in [9.17, 15) is 0 Å². The molecule has 7 nitrogen and oxygen atoms in total. The predicted octanol–water partition coefficient (Wildman–Crippen LogP) is 2.26. The van der Waals surface area contributed by atoms with Crippen LogP contribution in [0.4, 0.5) is 0 Å². The summed E-state index contributed by atoms with van der Waals surface area (Å²) in [6.07, 6.45) is 1.05. The highest BCUT2D eigenvalue weighted by atomic mass is 16.5. The molecule has 0 aromatic heterocycles. The summed E-state index contributed by atoms with van der Waals surface area (Å²) in [5.74, 6) is 0.844. The summed E-state index contributed by atoms with van der Waals surface area (Å²) in [5.41, 5.74) is 2.33. The fraction of sp³-hybridized carbons (Fsp3) is 0.682. The van der Waals surface area contributed by atoms with Gasteiger partial charge in [0.2, 0.25) is 0 Å². The normalized spacial score (nSPS) is 11.8. The van der Waals surface area contributed by atoms with E-state index in [4.69, 9.17) is 19.2 Å². The topological polar surface area (TPSA) is 67.4 Å². The van der Waals surface area contributed by atoms with Crippen LogP contribution in [0.25, 0.3) is 0 Å². The van der Waals surface area contributed by atoms with E-state index in [0.29, 0.717) is 26.4 Å². The number of nitrogens with zero attached hydrogens (tertiary/aromatic N) is 2. The van der Waals surface area contributed by atoms with Gasteiger partial charge in [0.15, 0.2) is 5.96 Å². The van der Waals surface area contributed by atoms with Crippen LogP contribution in [0.2, 0.25) is 0 Å². The minimum absolute atomic E-state index is 0.596. The molecule has 0 fully saturated rings. The minimum atomic E-state index is 0.596. The van der Waals surface area contributed by atoms with E-state index in [-0.39, 0.29) is 0 Å². The van der Waals surface area contributed by atoms with Gasteiger partial charge in [-0.15, -0.1) is 0 Å². The summed E-state index contributed by atoms with van der Waals surface area (Å²) in [4.78, 5) is 7.01. The van der Waals surface area contributed by atoms with Crippen molar-refractivity contribution >= 4 is 5.96 Å². The van der Waals surface area contributed by atoms with Gasteiger partial charge in [0.25, 0.3) is 0 Å². The smallest absolute Gasteiger partial charge is 0.191 e. The molecule has 0 atom stereocenters. The molecule has 0 saturated carbocycles. The summed E-state index contributed by atoms with van der Waals surface area (Å²) < 4.78 is 16.0. The molecule has 0 amide bonds. The Morgan fingerprint density at radius 3 is 2.59 bits per heavy atom. The van der Waals surface area contributed by atoms with Crippen molar-refractivity contribution in [3.05, 3.63) is 35.4 Å². The highest BCUT2D eigenvalue weighted by molar-refractivity contribution is 5.79. The van der Waals surface area contributed by atoms with Crippen LogP contribution in [0.1, 0.15) is 31.4 Å². The number of methoxy groups -OCH3 is 1. The van der Waals surface area contributed by atoms with Crippen LogP contribution < -0.4 is 10.6 Å². The standard InChI is InChI=1S/C22H40N4O3/c1-5-23-22(24-11-13-26(3)12-8-14-27-4)25-18-20-9-7-10-21(17-20)19-29-16-15-28-6-2/h7,9-10,17H,5-6,8,11-16,18-19H2,1-4H3,(H2,23,24,25). The van der Waals surface area contributed by atoms with Crippen molar-refractivity contribution in [1.29, 1.82) is 0 Å². The molecular formula is C22H40N4O3. The third-order valence-electron chi connectivity index (χ3n) is 4.27. The molecule has 0 spiro atoms. The fourth-order valence-electron chi connectivity index (χ4n) is 2.74. The number of guanidine groups is 1. The number of nitrogens with one attached hydrogen (secondary N) is 2. The SMILES string of the molecule is CCNC(=NCc1cccc(COCCOCC)c1)NCCN(C)CCCOC. The monoisotopic (exact) mass is 408 g/mol. The number of benzene rings is 1. The van der Waals surface area contributed by atoms with Crippen molar-refractivity contribution in [1.82, 2.24) is 15.5 Å². The number of hydrogen-bond donors (Lipinski definition) is 2. The van der Waals surface area contributed by atoms with Gasteiger partial charge in [0.1, 0.15) is 0 Å². The summed E-state index contributed by atoms with van der Waals surface area (Å²) in [6, 6.07) is 8.38. The number of likely N-dealkylation sites (N-methyl/N-ethyl adjacent to an activating group) is 1. The van der Waals surface area contributed by atoms with Gasteiger partial charge >= 0.3 is 0 Å². The zero-order chi connectivity index (χ0) is 21.2. The molecule has 0 aliphatic rings. The maximum absolute atomic E-state index is 5.65. The van der Waals surface area contributed by atoms with E-state index >= 15 is 0 Å². The van der Waals surface area contributed by atoms with Crippen molar-refractivity contribution in [2.75, 3.05) is 66.8 Å². The molecule has 1 aromatic carbocycles. The third-order valence-corrected chi connectivity index (χ3v) is 4.27. The molecule has 0 radical (unpaired) electrons. The first-order valence-corrected chi connectivity index (χ1v) is 10.6. The lowest BCUT2D eigenvalue weighted by Gasteiger charge is -2.18. The Labute approximate surface area is 176 Å². The van der Waals surface area contributed by atoms with Crippen molar-refractivity contribution in [2.24, 2.45) is 4.99 Å². The maximum atomic E-state index is 5.65. The van der Waals surface area contributed by atoms with Crippen molar-refractivity contribution in [3.8, 4) is 0 Å². The Bertz CT molecular complexity index is 555. The van der Waals surface area contributed by atoms with Gasteiger partial charge in [-0.05, 0) is 38.4 Å². The Hall–Kier alpha value is -1.67. The van der Waals surface area contributed by atoms with E-state index < -0.39 is 0 Å². The van der Waals surface area contributed by atoms with Gasteiger partial charge in [-0.2, -0.15) is 0 Å². The minimum Gasteiger partial charge on any atom is -0.385 e. The number of rotatable bonds is 16. The molecule has 7 heteroatoms. The zero-order valence-electron chi connectivity index (χ0n) is 18.7. The largest absolute Gasteiger partial charge is 0.385 e. The second-order valence-corrected chi connectivity index (χ2v) is 6.84. The van der Waals surface area contributed by atoms with E-state index in [1.807, 2.05) is 6.92 Å². The molecule has 166 valence electrons. The molecule has 2 N–H and O–H groups in total. The van der Waals surface area contributed by atoms with Crippen molar-refractivity contribution in [2.45, 2.75) is 33.4 Å². The molecule has 0 aliphatic carbocycles. The number of hydrogen-bond acceptors (Lipinski definition) is 5. The van der Waals surface area contributed by atoms with E-state index in [2.05, 4.69) is 53.8 Å². The Kier molecular flexibility index (Phi) is 15.1. The summed E-state index contributed by atoms with van der Waals surface area (Å²) in [6.45, 7) is 11.8. The lowest BCUT2D eigenvalue weighted by atomic mass is 10.1. The lowest BCUT2D eigenvalue weighted by molar-refractivity contribution is 0.0453. The van der Waals surface area contributed by atoms with Crippen molar-refractivity contribution in [3.63, 3.8) is 0 Å². The third kappa shape index (κ3) is 13.2. The molecule has 0 saturated heterocycles. The van der Waals surface area contributed by atoms with Gasteiger partial charge in [0.05, 0.1) is 26.4 Å². The fourth-order valence-corrected chi connectivity index (χ4v) is 2.74. The Balaban J connectivity index is 2.42. The van der Waals surface area contributed by atoms with Gasteiger partial charge in [-0.25, -0.2) is 4.99 Å². The van der Waals surface area contributed by atoms with Gasteiger partial charge in [-0.1, -0.05) is 24.3 Å². The van der Waals surface area contributed by atoms with Crippen LogP contribution in [0, 0.1) is 0 Å². The Morgan fingerprint density at radius 1 is 1.03 bits per heavy atom. The van der Waals surface area contributed by atoms with Crippen LogP contribution >= 0.6 is 0 Å². The quantitative estimate of drug-likeness (QED) is 0.248. The molecule has 29 heavy (non-hydrogen) atoms. The van der Waals surface area contributed by atoms with Crippen molar-refractivity contribution < 1.29 is 14.2 Å². The summed E-state index contributed by atoms with van der Waals surface area (Å²) in [7, 11) is 3.87. The molecule has 0 aliphatic heterocycles. The summed E-state index contributed by atoms with van der Waals surface area (Å²) in [5, 5.41) is 6.72. The molecule has 0 unspecified atom stereocenters. The molecular weight excluding hydrogens is 368 g/mol. The van der Waals surface area contributed by atoms with Gasteiger partial charge in [-0.3, -0.25) is 0 Å².